The van der Waals surface area contributed by atoms with E-state index in [0.717, 1.165) is 28.0 Å². The van der Waals surface area contributed by atoms with E-state index in [1.807, 2.05) is 30.3 Å². The maximum atomic E-state index is 5.64. The zero-order chi connectivity index (χ0) is 13.7. The fourth-order valence-electron chi connectivity index (χ4n) is 1.88. The number of anilines is 1. The number of nitrogens with one attached hydrogen (secondary N) is 1. The lowest BCUT2D eigenvalue weighted by molar-refractivity contribution is 0.416. The fraction of sp³-hybridized carbons (Fsp3) is 0.200. The second-order valence-corrected chi connectivity index (χ2v) is 5.14. The molecule has 0 bridgehead atoms. The van der Waals surface area contributed by atoms with Gasteiger partial charge in [0.05, 0.1) is 12.8 Å². The molecule has 2 aromatic rings. The number of rotatable bonds is 5. The van der Waals surface area contributed by atoms with Gasteiger partial charge >= 0.3 is 0 Å². The van der Waals surface area contributed by atoms with Gasteiger partial charge in [0.15, 0.2) is 0 Å². The molecule has 0 saturated carbocycles. The number of hydrogen-bond donors (Lipinski definition) is 2. The molecule has 4 heteroatoms. The van der Waals surface area contributed by atoms with Gasteiger partial charge in [-0.25, -0.2) is 0 Å². The molecule has 0 heterocycles. The predicted molar refractivity (Wildman–Crippen MR) is 82.4 cm³/mol. The molecule has 3 nitrogen and oxygen atoms in total. The van der Waals surface area contributed by atoms with Gasteiger partial charge in [0.2, 0.25) is 0 Å². The summed E-state index contributed by atoms with van der Waals surface area (Å²) < 4.78 is 6.35. The zero-order valence-corrected chi connectivity index (χ0v) is 12.4. The van der Waals surface area contributed by atoms with Gasteiger partial charge in [0.1, 0.15) is 5.75 Å². The summed E-state index contributed by atoms with van der Waals surface area (Å²) in [4.78, 5) is 0. The molecule has 19 heavy (non-hydrogen) atoms. The monoisotopic (exact) mass is 320 g/mol. The first-order valence-electron chi connectivity index (χ1n) is 6.08. The Morgan fingerprint density at radius 2 is 1.95 bits per heavy atom. The fourth-order valence-corrected chi connectivity index (χ4v) is 2.24. The van der Waals surface area contributed by atoms with E-state index in [9.17, 15) is 0 Å². The minimum absolute atomic E-state index is 0.564. The standard InChI is InChI=1S/C15H17BrN2O/c1-19-15-6-5-13(16)8-14(15)18-10-12-4-2-3-11(7-12)9-17/h2-8,18H,9-10,17H2,1H3. The third-order valence-corrected chi connectivity index (χ3v) is 3.36. The molecule has 0 atom stereocenters. The Labute approximate surface area is 121 Å². The number of nitrogens with two attached hydrogens (primary N) is 1. The minimum Gasteiger partial charge on any atom is -0.495 e. The van der Waals surface area contributed by atoms with E-state index in [2.05, 4.69) is 33.4 Å². The van der Waals surface area contributed by atoms with Crippen molar-refractivity contribution in [3.8, 4) is 5.75 Å². The van der Waals surface area contributed by atoms with Crippen LogP contribution >= 0.6 is 15.9 Å². The number of ether oxygens (including phenoxy) is 1. The van der Waals surface area contributed by atoms with Crippen molar-refractivity contribution in [2.45, 2.75) is 13.1 Å². The molecule has 0 amide bonds. The lowest BCUT2D eigenvalue weighted by Gasteiger charge is -2.12. The van der Waals surface area contributed by atoms with Crippen molar-refractivity contribution in [1.82, 2.24) is 0 Å². The molecule has 2 aromatic carbocycles. The van der Waals surface area contributed by atoms with Gasteiger partial charge < -0.3 is 15.8 Å². The van der Waals surface area contributed by atoms with Crippen molar-refractivity contribution in [2.24, 2.45) is 5.73 Å². The SMILES string of the molecule is COc1ccc(Br)cc1NCc1cccc(CN)c1. The molecular formula is C15H17BrN2O. The Hall–Kier alpha value is -1.52. The van der Waals surface area contributed by atoms with Gasteiger partial charge in [0.25, 0.3) is 0 Å². The number of hydrogen-bond acceptors (Lipinski definition) is 3. The molecule has 0 saturated heterocycles. The number of benzene rings is 2. The molecule has 0 spiro atoms. The van der Waals surface area contributed by atoms with Gasteiger partial charge in [0, 0.05) is 17.6 Å². The second kappa shape index (κ2) is 6.59. The van der Waals surface area contributed by atoms with Crippen LogP contribution in [-0.2, 0) is 13.1 Å². The Bertz CT molecular complexity index is 558. The van der Waals surface area contributed by atoms with Crippen molar-refractivity contribution in [2.75, 3.05) is 12.4 Å². The van der Waals surface area contributed by atoms with Crippen molar-refractivity contribution >= 4 is 21.6 Å². The summed E-state index contributed by atoms with van der Waals surface area (Å²) in [5, 5.41) is 3.38. The van der Waals surface area contributed by atoms with Crippen LogP contribution in [-0.4, -0.2) is 7.11 Å². The van der Waals surface area contributed by atoms with Crippen LogP contribution in [0.3, 0.4) is 0 Å². The van der Waals surface area contributed by atoms with Crippen LogP contribution < -0.4 is 15.8 Å². The van der Waals surface area contributed by atoms with E-state index in [1.54, 1.807) is 7.11 Å². The third-order valence-electron chi connectivity index (χ3n) is 2.87. The molecule has 0 aliphatic carbocycles. The van der Waals surface area contributed by atoms with E-state index in [-0.39, 0.29) is 0 Å². The molecule has 100 valence electrons. The van der Waals surface area contributed by atoms with E-state index in [4.69, 9.17) is 10.5 Å². The average Bonchev–Trinajstić information content (AvgIpc) is 2.45. The highest BCUT2D eigenvalue weighted by Crippen LogP contribution is 2.28. The highest BCUT2D eigenvalue weighted by molar-refractivity contribution is 9.10. The van der Waals surface area contributed by atoms with E-state index < -0.39 is 0 Å². The largest absolute Gasteiger partial charge is 0.495 e. The second-order valence-electron chi connectivity index (χ2n) is 4.22. The molecule has 0 radical (unpaired) electrons. The maximum absolute atomic E-state index is 5.64. The van der Waals surface area contributed by atoms with Crippen LogP contribution in [0.2, 0.25) is 0 Å². The van der Waals surface area contributed by atoms with Crippen LogP contribution in [0.1, 0.15) is 11.1 Å². The van der Waals surface area contributed by atoms with Crippen molar-refractivity contribution in [3.63, 3.8) is 0 Å². The first-order chi connectivity index (χ1) is 9.22. The maximum Gasteiger partial charge on any atom is 0.142 e. The molecule has 0 unspecified atom stereocenters. The van der Waals surface area contributed by atoms with Crippen LogP contribution in [0.4, 0.5) is 5.69 Å². The first-order valence-corrected chi connectivity index (χ1v) is 6.87. The average molecular weight is 321 g/mol. The molecule has 2 rings (SSSR count). The lowest BCUT2D eigenvalue weighted by Crippen LogP contribution is -2.03. The first kappa shape index (κ1) is 13.9. The highest BCUT2D eigenvalue weighted by atomic mass is 79.9. The van der Waals surface area contributed by atoms with Gasteiger partial charge in [-0.15, -0.1) is 0 Å². The quantitative estimate of drug-likeness (QED) is 0.886. The minimum atomic E-state index is 0.564. The summed E-state index contributed by atoms with van der Waals surface area (Å²) in [6.45, 7) is 1.30. The normalized spacial score (nSPS) is 10.3. The molecule has 0 aliphatic heterocycles. The number of halogens is 1. The summed E-state index contributed by atoms with van der Waals surface area (Å²) in [6.07, 6.45) is 0. The molecular weight excluding hydrogens is 304 g/mol. The predicted octanol–water partition coefficient (Wildman–Crippen LogP) is 3.53. The van der Waals surface area contributed by atoms with Gasteiger partial charge in [-0.3, -0.25) is 0 Å². The van der Waals surface area contributed by atoms with E-state index in [0.29, 0.717) is 6.54 Å². The van der Waals surface area contributed by atoms with Gasteiger partial charge in [-0.1, -0.05) is 40.2 Å². The van der Waals surface area contributed by atoms with Crippen molar-refractivity contribution in [1.29, 1.82) is 0 Å². The Balaban J connectivity index is 2.11. The van der Waals surface area contributed by atoms with E-state index >= 15 is 0 Å². The summed E-state index contributed by atoms with van der Waals surface area (Å²) in [5.74, 6) is 0.832. The van der Waals surface area contributed by atoms with E-state index in [1.165, 1.54) is 5.56 Å². The van der Waals surface area contributed by atoms with Crippen LogP contribution in [0.15, 0.2) is 46.9 Å². The zero-order valence-electron chi connectivity index (χ0n) is 10.8. The molecule has 0 aromatic heterocycles. The van der Waals surface area contributed by atoms with Gasteiger partial charge in [-0.05, 0) is 29.3 Å². The summed E-state index contributed by atoms with van der Waals surface area (Å²) in [5.41, 5.74) is 8.95. The molecule has 0 aliphatic rings. The van der Waals surface area contributed by atoms with Crippen LogP contribution in [0.5, 0.6) is 5.75 Å². The molecule has 0 fully saturated rings. The Morgan fingerprint density at radius 3 is 2.68 bits per heavy atom. The topological polar surface area (TPSA) is 47.3 Å². The van der Waals surface area contributed by atoms with Crippen LogP contribution in [0.25, 0.3) is 0 Å². The summed E-state index contributed by atoms with van der Waals surface area (Å²) in [7, 11) is 1.67. The Kier molecular flexibility index (Phi) is 4.82. The third kappa shape index (κ3) is 3.72. The highest BCUT2D eigenvalue weighted by Gasteiger charge is 2.03. The van der Waals surface area contributed by atoms with Crippen molar-refractivity contribution < 1.29 is 4.74 Å². The van der Waals surface area contributed by atoms with Crippen molar-refractivity contribution in [3.05, 3.63) is 58.1 Å². The smallest absolute Gasteiger partial charge is 0.142 e. The number of methoxy groups -OCH3 is 1. The molecule has 3 N–H and O–H groups in total. The van der Waals surface area contributed by atoms with Crippen LogP contribution in [0, 0.1) is 0 Å². The Morgan fingerprint density at radius 1 is 1.16 bits per heavy atom. The summed E-state index contributed by atoms with van der Waals surface area (Å²) in [6, 6.07) is 14.1. The summed E-state index contributed by atoms with van der Waals surface area (Å²) >= 11 is 3.46. The van der Waals surface area contributed by atoms with Gasteiger partial charge in [-0.2, -0.15) is 0 Å². The lowest BCUT2D eigenvalue weighted by atomic mass is 10.1.